The lowest BCUT2D eigenvalue weighted by Gasteiger charge is -2.38. The number of carbonyl (C=O) groups excluding carboxylic acids is 1. The van der Waals surface area contributed by atoms with Crippen LogP contribution in [0.25, 0.3) is 0 Å². The highest BCUT2D eigenvalue weighted by molar-refractivity contribution is 5.82. The van der Waals surface area contributed by atoms with Crippen LogP contribution in [0, 0.1) is 10.8 Å². The Balaban J connectivity index is 2.52. The lowest BCUT2D eigenvalue weighted by molar-refractivity contribution is -0.127. The van der Waals surface area contributed by atoms with Crippen LogP contribution in [0.3, 0.4) is 0 Å². The average Bonchev–Trinajstić information content (AvgIpc) is 2.12. The van der Waals surface area contributed by atoms with Gasteiger partial charge in [-0.05, 0) is 30.2 Å². The van der Waals surface area contributed by atoms with E-state index in [-0.39, 0.29) is 22.8 Å². The first-order chi connectivity index (χ1) is 7.22. The van der Waals surface area contributed by atoms with E-state index in [0.717, 1.165) is 25.9 Å². The fourth-order valence-electron chi connectivity index (χ4n) is 2.11. The monoisotopic (exact) mass is 226 g/mol. The van der Waals surface area contributed by atoms with E-state index in [4.69, 9.17) is 0 Å². The van der Waals surface area contributed by atoms with E-state index < -0.39 is 0 Å². The highest BCUT2D eigenvalue weighted by atomic mass is 16.2. The number of nitrogens with one attached hydrogen (secondary N) is 2. The van der Waals surface area contributed by atoms with E-state index >= 15 is 0 Å². The molecule has 3 heteroatoms. The number of amides is 1. The van der Waals surface area contributed by atoms with Crippen LogP contribution in [0.2, 0.25) is 0 Å². The van der Waals surface area contributed by atoms with Crippen LogP contribution in [-0.4, -0.2) is 25.0 Å². The zero-order valence-electron chi connectivity index (χ0n) is 11.3. The van der Waals surface area contributed by atoms with E-state index in [1.165, 1.54) is 0 Å². The Morgan fingerprint density at radius 1 is 1.44 bits per heavy atom. The van der Waals surface area contributed by atoms with Crippen LogP contribution in [0.4, 0.5) is 0 Å². The summed E-state index contributed by atoms with van der Waals surface area (Å²) in [6.07, 6.45) is 2.28. The Morgan fingerprint density at radius 3 is 2.56 bits per heavy atom. The normalized spacial score (nSPS) is 25.2. The van der Waals surface area contributed by atoms with Gasteiger partial charge in [0.15, 0.2) is 0 Å². The van der Waals surface area contributed by atoms with E-state index in [0.29, 0.717) is 0 Å². The Morgan fingerprint density at radius 2 is 2.06 bits per heavy atom. The Bertz CT molecular complexity index is 253. The summed E-state index contributed by atoms with van der Waals surface area (Å²) < 4.78 is 0. The molecule has 16 heavy (non-hydrogen) atoms. The van der Waals surface area contributed by atoms with Gasteiger partial charge < -0.3 is 10.6 Å². The van der Waals surface area contributed by atoms with Gasteiger partial charge >= 0.3 is 0 Å². The minimum atomic E-state index is -0.0383. The molecule has 2 N–H and O–H groups in total. The third-order valence-electron chi connectivity index (χ3n) is 3.18. The van der Waals surface area contributed by atoms with Gasteiger partial charge in [-0.3, -0.25) is 4.79 Å². The van der Waals surface area contributed by atoms with Crippen molar-refractivity contribution in [2.75, 3.05) is 13.1 Å². The summed E-state index contributed by atoms with van der Waals surface area (Å²) in [5.74, 6) is 0.152. The molecule has 1 unspecified atom stereocenters. The molecule has 1 aliphatic rings. The molecule has 94 valence electrons. The number of carbonyl (C=O) groups is 1. The quantitative estimate of drug-likeness (QED) is 0.755. The second-order valence-corrected chi connectivity index (χ2v) is 6.76. The van der Waals surface area contributed by atoms with Crippen molar-refractivity contribution in [2.45, 2.75) is 53.5 Å². The zero-order valence-corrected chi connectivity index (χ0v) is 11.3. The number of rotatable bonds is 2. The second-order valence-electron chi connectivity index (χ2n) is 6.76. The maximum absolute atomic E-state index is 12.1. The molecule has 3 nitrogen and oxygen atoms in total. The van der Waals surface area contributed by atoms with Crippen molar-refractivity contribution in [3.05, 3.63) is 0 Å². The van der Waals surface area contributed by atoms with Crippen LogP contribution >= 0.6 is 0 Å². The van der Waals surface area contributed by atoms with Crippen molar-refractivity contribution in [1.82, 2.24) is 10.6 Å². The van der Waals surface area contributed by atoms with Crippen molar-refractivity contribution in [3.8, 4) is 0 Å². The third kappa shape index (κ3) is 3.78. The van der Waals surface area contributed by atoms with Crippen molar-refractivity contribution < 1.29 is 4.79 Å². The molecule has 1 rings (SSSR count). The van der Waals surface area contributed by atoms with Crippen molar-refractivity contribution >= 4 is 5.91 Å². The van der Waals surface area contributed by atoms with Crippen molar-refractivity contribution in [2.24, 2.45) is 10.8 Å². The van der Waals surface area contributed by atoms with Gasteiger partial charge in [-0.25, -0.2) is 0 Å². The fourth-order valence-corrected chi connectivity index (χ4v) is 2.11. The summed E-state index contributed by atoms with van der Waals surface area (Å²) in [5.41, 5.74) is 0.217. The van der Waals surface area contributed by atoms with Crippen LogP contribution in [0.5, 0.6) is 0 Å². The van der Waals surface area contributed by atoms with Gasteiger partial charge in [-0.1, -0.05) is 34.6 Å². The van der Waals surface area contributed by atoms with Gasteiger partial charge in [0.05, 0.1) is 6.04 Å². The molecule has 1 aliphatic heterocycles. The molecule has 0 aromatic rings. The summed E-state index contributed by atoms with van der Waals surface area (Å²) in [5, 5.41) is 6.38. The minimum absolute atomic E-state index is 0.0383. The highest BCUT2D eigenvalue weighted by Crippen LogP contribution is 2.30. The SMILES string of the molecule is CC(C)(C)CNC(=O)C1NCCCC1(C)C. The Labute approximate surface area is 99.4 Å². The maximum atomic E-state index is 12.1. The molecule has 0 spiro atoms. The van der Waals surface area contributed by atoms with E-state index in [1.807, 2.05) is 0 Å². The highest BCUT2D eigenvalue weighted by Gasteiger charge is 2.37. The van der Waals surface area contributed by atoms with Gasteiger partial charge in [0, 0.05) is 6.54 Å². The topological polar surface area (TPSA) is 41.1 Å². The van der Waals surface area contributed by atoms with Crippen molar-refractivity contribution in [3.63, 3.8) is 0 Å². The molecule has 0 aromatic heterocycles. The molecule has 1 fully saturated rings. The van der Waals surface area contributed by atoms with Crippen LogP contribution in [0.1, 0.15) is 47.5 Å². The van der Waals surface area contributed by atoms with Gasteiger partial charge in [0.1, 0.15) is 0 Å². The van der Waals surface area contributed by atoms with Gasteiger partial charge in [0.25, 0.3) is 0 Å². The average molecular weight is 226 g/mol. The lowest BCUT2D eigenvalue weighted by atomic mass is 9.77. The predicted molar refractivity (Wildman–Crippen MR) is 67.3 cm³/mol. The summed E-state index contributed by atoms with van der Waals surface area (Å²) in [6.45, 7) is 12.4. The number of hydrogen-bond acceptors (Lipinski definition) is 2. The third-order valence-corrected chi connectivity index (χ3v) is 3.18. The first-order valence-corrected chi connectivity index (χ1v) is 6.23. The molecule has 0 radical (unpaired) electrons. The van der Waals surface area contributed by atoms with Crippen LogP contribution in [-0.2, 0) is 4.79 Å². The first-order valence-electron chi connectivity index (χ1n) is 6.23. The standard InChI is InChI=1S/C13H26N2O/c1-12(2,3)9-15-11(16)10-13(4,5)7-6-8-14-10/h10,14H,6-9H2,1-5H3,(H,15,16). The summed E-state index contributed by atoms with van der Waals surface area (Å²) in [6, 6.07) is -0.0383. The molecule has 0 aliphatic carbocycles. The lowest BCUT2D eigenvalue weighted by Crippen LogP contribution is -2.56. The molecule has 1 atom stereocenters. The van der Waals surface area contributed by atoms with Crippen LogP contribution in [0.15, 0.2) is 0 Å². The summed E-state index contributed by atoms with van der Waals surface area (Å²) in [7, 11) is 0. The zero-order chi connectivity index (χ0) is 12.4. The van der Waals surface area contributed by atoms with Crippen LogP contribution < -0.4 is 10.6 Å². The predicted octanol–water partition coefficient (Wildman–Crippen LogP) is 1.93. The van der Waals surface area contributed by atoms with Gasteiger partial charge in [0.2, 0.25) is 5.91 Å². The summed E-state index contributed by atoms with van der Waals surface area (Å²) in [4.78, 5) is 12.1. The maximum Gasteiger partial charge on any atom is 0.237 e. The molecule has 0 bridgehead atoms. The summed E-state index contributed by atoms with van der Waals surface area (Å²) >= 11 is 0. The molecule has 0 aromatic carbocycles. The van der Waals surface area contributed by atoms with E-state index in [2.05, 4.69) is 45.3 Å². The smallest absolute Gasteiger partial charge is 0.237 e. The molecule has 1 heterocycles. The second kappa shape index (κ2) is 4.74. The van der Waals surface area contributed by atoms with Gasteiger partial charge in [-0.15, -0.1) is 0 Å². The molecule has 0 saturated carbocycles. The van der Waals surface area contributed by atoms with Crippen molar-refractivity contribution in [1.29, 1.82) is 0 Å². The van der Waals surface area contributed by atoms with E-state index in [9.17, 15) is 4.79 Å². The Kier molecular flexibility index (Phi) is 4.00. The largest absolute Gasteiger partial charge is 0.354 e. The minimum Gasteiger partial charge on any atom is -0.354 e. The number of hydrogen-bond donors (Lipinski definition) is 2. The first kappa shape index (κ1) is 13.5. The van der Waals surface area contributed by atoms with Gasteiger partial charge in [-0.2, -0.15) is 0 Å². The Hall–Kier alpha value is -0.570. The van der Waals surface area contributed by atoms with E-state index in [1.54, 1.807) is 0 Å². The molecular formula is C13H26N2O. The number of piperidine rings is 1. The fraction of sp³-hybridized carbons (Fsp3) is 0.923. The molecular weight excluding hydrogens is 200 g/mol. The molecule has 1 amide bonds. The molecule has 1 saturated heterocycles.